The average Bonchev–Trinajstić information content (AvgIpc) is 3.67. The summed E-state index contributed by atoms with van der Waals surface area (Å²) in [6.45, 7) is 5.01. The summed E-state index contributed by atoms with van der Waals surface area (Å²) in [4.78, 5) is 19.9. The summed E-state index contributed by atoms with van der Waals surface area (Å²) in [7, 11) is 0. The molecule has 0 spiro atoms. The van der Waals surface area contributed by atoms with Crippen molar-refractivity contribution in [3.8, 4) is 33.5 Å². The maximum absolute atomic E-state index is 6.33. The Balaban J connectivity index is 1.11. The molecule has 6 nitrogen and oxygen atoms in total. The third-order valence-electron chi connectivity index (χ3n) is 10.6. The standard InChI is InChI=1S/C52H37N5O/c1-53-51(39-13-6-3-7-14-39)57-52(40-22-18-36(19-23-40)35-11-4-2-5-12-35)55-33-34-29-42(41-24-26-45-44-16-8-9-17-47(44)58-48(45)32-41)31-43(30-34)46-27-25-38-21-20-37-15-10-28-54-49(37)50(38)56-46/h2-27,29-32,54H,1,28,33H2. The first-order valence-corrected chi connectivity index (χ1v) is 19.4. The molecule has 2 aromatic heterocycles. The molecular formula is C52H37N5O. The van der Waals surface area contributed by atoms with Crippen molar-refractivity contribution >= 4 is 63.0 Å². The molecule has 1 N–H and O–H groups in total. The highest BCUT2D eigenvalue weighted by Gasteiger charge is 2.15. The number of rotatable bonds is 7. The molecule has 276 valence electrons. The Morgan fingerprint density at radius 3 is 2.16 bits per heavy atom. The van der Waals surface area contributed by atoms with Crippen molar-refractivity contribution in [2.75, 3.05) is 11.9 Å². The van der Waals surface area contributed by atoms with E-state index in [1.54, 1.807) is 0 Å². The molecule has 0 unspecified atom stereocenters. The van der Waals surface area contributed by atoms with Crippen molar-refractivity contribution in [3.05, 3.63) is 198 Å². The second-order valence-corrected chi connectivity index (χ2v) is 14.4. The van der Waals surface area contributed by atoms with Gasteiger partial charge in [0.05, 0.1) is 23.4 Å². The van der Waals surface area contributed by atoms with E-state index >= 15 is 0 Å². The Labute approximate surface area is 336 Å². The zero-order valence-corrected chi connectivity index (χ0v) is 31.6. The van der Waals surface area contributed by atoms with Gasteiger partial charge in [0.15, 0.2) is 11.7 Å². The summed E-state index contributed by atoms with van der Waals surface area (Å²) in [5.74, 6) is 1.07. The predicted molar refractivity (Wildman–Crippen MR) is 242 cm³/mol. The number of aromatic nitrogens is 1. The van der Waals surface area contributed by atoms with Crippen molar-refractivity contribution in [2.24, 2.45) is 15.0 Å². The van der Waals surface area contributed by atoms with Crippen molar-refractivity contribution in [3.63, 3.8) is 0 Å². The number of para-hydroxylation sites is 1. The van der Waals surface area contributed by atoms with Crippen LogP contribution in [0.1, 0.15) is 22.3 Å². The van der Waals surface area contributed by atoms with Crippen LogP contribution in [0.25, 0.3) is 72.4 Å². The number of furan rings is 1. The van der Waals surface area contributed by atoms with E-state index in [1.165, 1.54) is 0 Å². The number of pyridine rings is 1. The molecule has 7 aromatic carbocycles. The largest absolute Gasteiger partial charge is 0.456 e. The molecule has 58 heavy (non-hydrogen) atoms. The lowest BCUT2D eigenvalue weighted by atomic mass is 9.96. The number of amidine groups is 2. The summed E-state index contributed by atoms with van der Waals surface area (Å²) in [5.41, 5.74) is 13.9. The van der Waals surface area contributed by atoms with E-state index in [0.717, 1.165) is 101 Å². The van der Waals surface area contributed by atoms with Crippen LogP contribution in [-0.2, 0) is 6.54 Å². The van der Waals surface area contributed by atoms with Crippen LogP contribution in [0.4, 0.5) is 5.69 Å². The molecule has 0 aliphatic carbocycles. The lowest BCUT2D eigenvalue weighted by molar-refractivity contribution is 0.669. The quantitative estimate of drug-likeness (QED) is 0.130. The van der Waals surface area contributed by atoms with E-state index in [4.69, 9.17) is 19.4 Å². The van der Waals surface area contributed by atoms with Gasteiger partial charge in [-0.2, -0.15) is 0 Å². The number of fused-ring (bicyclic) bond motifs is 6. The maximum atomic E-state index is 6.33. The highest BCUT2D eigenvalue weighted by atomic mass is 16.3. The molecule has 3 heterocycles. The van der Waals surface area contributed by atoms with Gasteiger partial charge in [0.2, 0.25) is 0 Å². The van der Waals surface area contributed by atoms with Crippen LogP contribution < -0.4 is 5.32 Å². The summed E-state index contributed by atoms with van der Waals surface area (Å²) >= 11 is 0. The van der Waals surface area contributed by atoms with Crippen LogP contribution in [0.5, 0.6) is 0 Å². The monoisotopic (exact) mass is 747 g/mol. The number of aliphatic imine (C=N–C) groups is 3. The van der Waals surface area contributed by atoms with Crippen LogP contribution in [0.2, 0.25) is 0 Å². The van der Waals surface area contributed by atoms with E-state index in [0.29, 0.717) is 18.2 Å². The number of hydrogen-bond donors (Lipinski definition) is 1. The van der Waals surface area contributed by atoms with Gasteiger partial charge in [-0.25, -0.2) is 15.0 Å². The van der Waals surface area contributed by atoms with Gasteiger partial charge in [0, 0.05) is 39.4 Å². The van der Waals surface area contributed by atoms with E-state index in [2.05, 4.69) is 144 Å². The fraction of sp³-hybridized carbons (Fsp3) is 0.0385. The fourth-order valence-electron chi connectivity index (χ4n) is 7.72. The summed E-state index contributed by atoms with van der Waals surface area (Å²) in [6.07, 6.45) is 4.29. The zero-order chi connectivity index (χ0) is 38.8. The van der Waals surface area contributed by atoms with Gasteiger partial charge in [-0.05, 0) is 82.6 Å². The molecule has 0 radical (unpaired) electrons. The number of nitrogens with one attached hydrogen (secondary N) is 1. The minimum Gasteiger partial charge on any atom is -0.456 e. The summed E-state index contributed by atoms with van der Waals surface area (Å²) in [5, 5.41) is 6.84. The van der Waals surface area contributed by atoms with Crippen LogP contribution in [0, 0.1) is 0 Å². The lowest BCUT2D eigenvalue weighted by Gasteiger charge is -2.16. The molecule has 0 fully saturated rings. The van der Waals surface area contributed by atoms with Gasteiger partial charge in [-0.3, -0.25) is 4.99 Å². The van der Waals surface area contributed by atoms with E-state index < -0.39 is 0 Å². The van der Waals surface area contributed by atoms with Crippen LogP contribution >= 0.6 is 0 Å². The van der Waals surface area contributed by atoms with Crippen molar-refractivity contribution in [1.82, 2.24) is 4.98 Å². The first-order chi connectivity index (χ1) is 28.7. The highest BCUT2D eigenvalue weighted by Crippen LogP contribution is 2.36. The van der Waals surface area contributed by atoms with Crippen LogP contribution in [0.3, 0.4) is 0 Å². The molecule has 0 bridgehead atoms. The van der Waals surface area contributed by atoms with Gasteiger partial charge < -0.3 is 9.73 Å². The smallest absolute Gasteiger partial charge is 0.161 e. The van der Waals surface area contributed by atoms with E-state index in [1.807, 2.05) is 54.6 Å². The molecule has 1 aliphatic rings. The third-order valence-corrected chi connectivity index (χ3v) is 10.6. The Hall–Kier alpha value is -7.70. The minimum absolute atomic E-state index is 0.363. The molecular weight excluding hydrogens is 711 g/mol. The van der Waals surface area contributed by atoms with Gasteiger partial charge in [0.25, 0.3) is 0 Å². The van der Waals surface area contributed by atoms with Gasteiger partial charge in [-0.15, -0.1) is 0 Å². The molecule has 0 saturated carbocycles. The predicted octanol–water partition coefficient (Wildman–Crippen LogP) is 12.7. The summed E-state index contributed by atoms with van der Waals surface area (Å²) in [6, 6.07) is 58.4. The van der Waals surface area contributed by atoms with E-state index in [-0.39, 0.29) is 0 Å². The summed E-state index contributed by atoms with van der Waals surface area (Å²) < 4.78 is 6.33. The molecule has 6 heteroatoms. The Morgan fingerprint density at radius 1 is 0.603 bits per heavy atom. The number of anilines is 1. The number of nitrogens with zero attached hydrogens (tertiary/aromatic N) is 4. The SMILES string of the molecule is C=NC(=NC(=NCc1cc(-c2ccc3c(c2)oc2ccccc23)cc(-c2ccc3ccc4c(c3n2)NCC=C4)c1)c1ccc(-c2ccccc2)cc1)c1ccccc1. The van der Waals surface area contributed by atoms with Crippen molar-refractivity contribution in [2.45, 2.75) is 6.54 Å². The fourth-order valence-corrected chi connectivity index (χ4v) is 7.72. The van der Waals surface area contributed by atoms with Gasteiger partial charge in [0.1, 0.15) is 11.2 Å². The first kappa shape index (κ1) is 34.8. The second-order valence-electron chi connectivity index (χ2n) is 14.4. The Morgan fingerprint density at radius 2 is 1.31 bits per heavy atom. The lowest BCUT2D eigenvalue weighted by Crippen LogP contribution is -2.06. The molecule has 0 saturated heterocycles. The topological polar surface area (TPSA) is 75.1 Å². The van der Waals surface area contributed by atoms with Gasteiger partial charge in [-0.1, -0.05) is 140 Å². The third kappa shape index (κ3) is 6.77. The van der Waals surface area contributed by atoms with Crippen molar-refractivity contribution in [1.29, 1.82) is 0 Å². The molecule has 0 atom stereocenters. The molecule has 1 aliphatic heterocycles. The van der Waals surface area contributed by atoms with Crippen LogP contribution in [0.15, 0.2) is 195 Å². The molecule has 0 amide bonds. The molecule has 10 rings (SSSR count). The Kier molecular flexibility index (Phi) is 9.05. The first-order valence-electron chi connectivity index (χ1n) is 19.4. The average molecular weight is 748 g/mol. The molecule has 9 aromatic rings. The Bertz CT molecular complexity index is 3090. The van der Waals surface area contributed by atoms with E-state index in [9.17, 15) is 0 Å². The zero-order valence-electron chi connectivity index (χ0n) is 31.6. The second kappa shape index (κ2) is 15.1. The highest BCUT2D eigenvalue weighted by molar-refractivity contribution is 6.13. The minimum atomic E-state index is 0.363. The van der Waals surface area contributed by atoms with Crippen LogP contribution in [-0.4, -0.2) is 29.9 Å². The van der Waals surface area contributed by atoms with Gasteiger partial charge >= 0.3 is 0 Å². The normalized spacial score (nSPS) is 12.8. The maximum Gasteiger partial charge on any atom is 0.161 e. The number of benzene rings is 7. The number of hydrogen-bond acceptors (Lipinski definition) is 4. The van der Waals surface area contributed by atoms with Crippen molar-refractivity contribution < 1.29 is 4.42 Å².